The van der Waals surface area contributed by atoms with Gasteiger partial charge >= 0.3 is 0 Å². The topological polar surface area (TPSA) is 47.7 Å². The molecule has 2 aliphatic rings. The van der Waals surface area contributed by atoms with E-state index in [-0.39, 0.29) is 0 Å². The maximum Gasteiger partial charge on any atom is 0.0707 e. The van der Waals surface area contributed by atoms with Crippen LogP contribution in [0.5, 0.6) is 0 Å². The van der Waals surface area contributed by atoms with E-state index in [0.29, 0.717) is 24.8 Å². The lowest BCUT2D eigenvalue weighted by molar-refractivity contribution is -0.0346. The third-order valence-corrected chi connectivity index (χ3v) is 3.40. The highest BCUT2D eigenvalue weighted by Gasteiger charge is 2.28. The van der Waals surface area contributed by atoms with Crippen LogP contribution in [0.15, 0.2) is 0 Å². The molecule has 0 spiro atoms. The Kier molecular flexibility index (Phi) is 3.97. The minimum absolute atomic E-state index is 0.298. The van der Waals surface area contributed by atoms with Crippen molar-refractivity contribution < 1.29 is 9.47 Å². The van der Waals surface area contributed by atoms with E-state index < -0.39 is 0 Å². The molecule has 0 radical (unpaired) electrons. The van der Waals surface area contributed by atoms with Gasteiger partial charge in [0.1, 0.15) is 0 Å². The van der Waals surface area contributed by atoms with E-state index in [1.54, 1.807) is 0 Å². The SMILES string of the molecule is CC1COCCN1CC1CCC(CN)O1. The van der Waals surface area contributed by atoms with Gasteiger partial charge in [-0.2, -0.15) is 0 Å². The number of rotatable bonds is 3. The van der Waals surface area contributed by atoms with Gasteiger partial charge in [0.25, 0.3) is 0 Å². The van der Waals surface area contributed by atoms with Crippen LogP contribution in [0.25, 0.3) is 0 Å². The quantitative estimate of drug-likeness (QED) is 0.730. The molecule has 4 heteroatoms. The van der Waals surface area contributed by atoms with Gasteiger partial charge in [-0.15, -0.1) is 0 Å². The molecule has 0 aromatic rings. The van der Waals surface area contributed by atoms with E-state index in [1.807, 2.05) is 0 Å². The van der Waals surface area contributed by atoms with Crippen LogP contribution in [0.1, 0.15) is 19.8 Å². The van der Waals surface area contributed by atoms with E-state index in [1.165, 1.54) is 0 Å². The van der Waals surface area contributed by atoms with Crippen molar-refractivity contribution >= 4 is 0 Å². The first-order chi connectivity index (χ1) is 7.29. The average Bonchev–Trinajstić information content (AvgIpc) is 2.69. The third-order valence-electron chi connectivity index (χ3n) is 3.40. The Labute approximate surface area is 91.7 Å². The fraction of sp³-hybridized carbons (Fsp3) is 1.00. The second-order valence-corrected chi connectivity index (χ2v) is 4.61. The van der Waals surface area contributed by atoms with Gasteiger partial charge in [-0.25, -0.2) is 0 Å². The van der Waals surface area contributed by atoms with Gasteiger partial charge < -0.3 is 15.2 Å². The highest BCUT2D eigenvalue weighted by Crippen LogP contribution is 2.21. The molecule has 2 heterocycles. The zero-order valence-electron chi connectivity index (χ0n) is 9.52. The summed E-state index contributed by atoms with van der Waals surface area (Å²) in [5.74, 6) is 0. The van der Waals surface area contributed by atoms with E-state index in [9.17, 15) is 0 Å². The van der Waals surface area contributed by atoms with Crippen LogP contribution in [0.2, 0.25) is 0 Å². The van der Waals surface area contributed by atoms with E-state index in [4.69, 9.17) is 15.2 Å². The Balaban J connectivity index is 1.76. The molecule has 2 saturated heterocycles. The molecule has 2 fully saturated rings. The highest BCUT2D eigenvalue weighted by atomic mass is 16.5. The van der Waals surface area contributed by atoms with Gasteiger partial charge in [-0.3, -0.25) is 4.90 Å². The van der Waals surface area contributed by atoms with Gasteiger partial charge in [-0.05, 0) is 19.8 Å². The van der Waals surface area contributed by atoms with Crippen LogP contribution < -0.4 is 5.73 Å². The van der Waals surface area contributed by atoms with Crippen molar-refractivity contribution in [3.05, 3.63) is 0 Å². The lowest BCUT2D eigenvalue weighted by Crippen LogP contribution is -2.47. The lowest BCUT2D eigenvalue weighted by atomic mass is 10.1. The molecule has 0 aromatic heterocycles. The van der Waals surface area contributed by atoms with E-state index in [2.05, 4.69) is 11.8 Å². The first-order valence-electron chi connectivity index (χ1n) is 5.97. The number of hydrogen-bond donors (Lipinski definition) is 1. The predicted octanol–water partition coefficient (Wildman–Crippen LogP) is 0.213. The fourth-order valence-electron chi connectivity index (χ4n) is 2.38. The maximum atomic E-state index is 5.85. The standard InChI is InChI=1S/C11H22N2O2/c1-9-8-14-5-4-13(9)7-11-3-2-10(6-12)15-11/h9-11H,2-8,12H2,1H3. The van der Waals surface area contributed by atoms with Crippen LogP contribution in [0, 0.1) is 0 Å². The third kappa shape index (κ3) is 2.91. The van der Waals surface area contributed by atoms with E-state index in [0.717, 1.165) is 39.1 Å². The Morgan fingerprint density at radius 1 is 1.33 bits per heavy atom. The predicted molar refractivity (Wildman–Crippen MR) is 58.8 cm³/mol. The highest BCUT2D eigenvalue weighted by molar-refractivity contribution is 4.80. The number of nitrogens with zero attached hydrogens (tertiary/aromatic N) is 1. The zero-order chi connectivity index (χ0) is 10.7. The normalized spacial score (nSPS) is 38.4. The molecule has 4 nitrogen and oxygen atoms in total. The first kappa shape index (κ1) is 11.3. The Morgan fingerprint density at radius 3 is 2.80 bits per heavy atom. The van der Waals surface area contributed by atoms with Crippen LogP contribution in [-0.2, 0) is 9.47 Å². The van der Waals surface area contributed by atoms with Crippen LogP contribution >= 0.6 is 0 Å². The molecule has 3 atom stereocenters. The number of nitrogens with two attached hydrogens (primary N) is 1. The molecular weight excluding hydrogens is 192 g/mol. The Morgan fingerprint density at radius 2 is 2.13 bits per heavy atom. The smallest absolute Gasteiger partial charge is 0.0707 e. The van der Waals surface area contributed by atoms with Crippen molar-refractivity contribution in [1.29, 1.82) is 0 Å². The number of hydrogen-bond acceptors (Lipinski definition) is 4. The Bertz CT molecular complexity index is 201. The minimum Gasteiger partial charge on any atom is -0.379 e. The molecule has 15 heavy (non-hydrogen) atoms. The van der Waals surface area contributed by atoms with Gasteiger partial charge in [0.05, 0.1) is 25.4 Å². The number of morpholine rings is 1. The molecule has 88 valence electrons. The minimum atomic E-state index is 0.298. The van der Waals surface area contributed by atoms with Gasteiger partial charge in [-0.1, -0.05) is 0 Å². The maximum absolute atomic E-state index is 5.85. The molecule has 2 aliphatic heterocycles. The molecular formula is C11H22N2O2. The van der Waals surface area contributed by atoms with Crippen molar-refractivity contribution in [3.63, 3.8) is 0 Å². The molecule has 0 aromatic carbocycles. The second-order valence-electron chi connectivity index (χ2n) is 4.61. The zero-order valence-corrected chi connectivity index (χ0v) is 9.52. The summed E-state index contributed by atoms with van der Waals surface area (Å²) >= 11 is 0. The van der Waals surface area contributed by atoms with Crippen molar-refractivity contribution in [2.24, 2.45) is 5.73 Å². The lowest BCUT2D eigenvalue weighted by Gasteiger charge is -2.34. The summed E-state index contributed by atoms with van der Waals surface area (Å²) in [6.07, 6.45) is 2.97. The van der Waals surface area contributed by atoms with Crippen molar-refractivity contribution in [1.82, 2.24) is 4.90 Å². The van der Waals surface area contributed by atoms with E-state index >= 15 is 0 Å². The molecule has 2 rings (SSSR count). The van der Waals surface area contributed by atoms with Gasteiger partial charge in [0, 0.05) is 25.7 Å². The largest absolute Gasteiger partial charge is 0.379 e. The van der Waals surface area contributed by atoms with Crippen molar-refractivity contribution in [2.45, 2.75) is 38.0 Å². The summed E-state index contributed by atoms with van der Waals surface area (Å²) in [6, 6.07) is 0.527. The molecule has 3 unspecified atom stereocenters. The first-order valence-corrected chi connectivity index (χ1v) is 5.97. The van der Waals surface area contributed by atoms with Crippen molar-refractivity contribution in [3.8, 4) is 0 Å². The monoisotopic (exact) mass is 214 g/mol. The molecule has 0 bridgehead atoms. The summed E-state index contributed by atoms with van der Waals surface area (Å²) in [6.45, 7) is 6.67. The van der Waals surface area contributed by atoms with Gasteiger partial charge in [0.15, 0.2) is 0 Å². The van der Waals surface area contributed by atoms with Crippen molar-refractivity contribution in [2.75, 3.05) is 32.8 Å². The fourth-order valence-corrected chi connectivity index (χ4v) is 2.38. The Hall–Kier alpha value is -0.160. The average molecular weight is 214 g/mol. The molecule has 0 amide bonds. The molecule has 0 saturated carbocycles. The van der Waals surface area contributed by atoms with Crippen LogP contribution in [0.4, 0.5) is 0 Å². The summed E-state index contributed by atoms with van der Waals surface area (Å²) in [5.41, 5.74) is 5.60. The summed E-state index contributed by atoms with van der Waals surface area (Å²) in [4.78, 5) is 2.47. The molecule has 2 N–H and O–H groups in total. The number of ether oxygens (including phenoxy) is 2. The molecule has 0 aliphatic carbocycles. The van der Waals surface area contributed by atoms with Crippen LogP contribution in [0.3, 0.4) is 0 Å². The summed E-state index contributed by atoms with van der Waals surface area (Å²) in [5, 5.41) is 0. The second kappa shape index (κ2) is 5.25. The summed E-state index contributed by atoms with van der Waals surface area (Å²) in [7, 11) is 0. The van der Waals surface area contributed by atoms with Crippen LogP contribution in [-0.4, -0.2) is 56.0 Å². The van der Waals surface area contributed by atoms with Gasteiger partial charge in [0.2, 0.25) is 0 Å². The summed E-state index contributed by atoms with van der Waals surface area (Å²) < 4.78 is 11.3.